The van der Waals surface area contributed by atoms with E-state index in [-0.39, 0.29) is 24.2 Å². The van der Waals surface area contributed by atoms with Gasteiger partial charge in [-0.05, 0) is 35.4 Å². The molecule has 2 aromatic rings. The van der Waals surface area contributed by atoms with Gasteiger partial charge in [-0.3, -0.25) is 0 Å². The van der Waals surface area contributed by atoms with Gasteiger partial charge in [0.2, 0.25) is 11.7 Å². The highest BCUT2D eigenvalue weighted by Crippen LogP contribution is 2.56. The first-order valence-electron chi connectivity index (χ1n) is 9.48. The number of halogens is 6. The van der Waals surface area contributed by atoms with E-state index in [9.17, 15) is 26.3 Å². The van der Waals surface area contributed by atoms with Crippen molar-refractivity contribution in [2.75, 3.05) is 19.8 Å². The molecule has 2 saturated heterocycles. The van der Waals surface area contributed by atoms with Crippen LogP contribution in [0, 0.1) is 0 Å². The molecule has 10 heteroatoms. The Morgan fingerprint density at radius 3 is 1.65 bits per heavy atom. The molecule has 0 N–H and O–H groups in total. The summed E-state index contributed by atoms with van der Waals surface area (Å²) in [7, 11) is 0. The summed E-state index contributed by atoms with van der Waals surface area (Å²) in [5.74, 6) is 0.277. The molecule has 0 bridgehead atoms. The standard InChI is InChI=1S/C21H18F6O4/c22-20(23,24)19(21(25,26)27,13-1-5-15(6-2-13)29-11-17-12-30-17)14-3-7-16(8-4-14)31-18-9-10-28-18/h1-8,17-18H,9-12H2/t17?,18-/m1/s1. The third kappa shape index (κ3) is 4.18. The van der Waals surface area contributed by atoms with Crippen LogP contribution < -0.4 is 9.47 Å². The van der Waals surface area contributed by atoms with Gasteiger partial charge in [-0.25, -0.2) is 0 Å². The van der Waals surface area contributed by atoms with E-state index in [4.69, 9.17) is 18.9 Å². The Morgan fingerprint density at radius 2 is 1.26 bits per heavy atom. The Kier molecular flexibility index (Phi) is 5.55. The van der Waals surface area contributed by atoms with Crippen molar-refractivity contribution in [3.63, 3.8) is 0 Å². The summed E-state index contributed by atoms with van der Waals surface area (Å²) in [6.45, 7) is 1.17. The Morgan fingerprint density at radius 1 is 0.774 bits per heavy atom. The van der Waals surface area contributed by atoms with Gasteiger partial charge >= 0.3 is 12.4 Å². The molecule has 1 unspecified atom stereocenters. The summed E-state index contributed by atoms with van der Waals surface area (Å²) in [5.41, 5.74) is -6.14. The van der Waals surface area contributed by atoms with Gasteiger partial charge in [0.25, 0.3) is 0 Å². The first kappa shape index (κ1) is 21.8. The highest BCUT2D eigenvalue weighted by Gasteiger charge is 2.72. The molecule has 2 aliphatic heterocycles. The molecule has 2 heterocycles. The van der Waals surface area contributed by atoms with Crippen molar-refractivity contribution in [1.82, 2.24) is 0 Å². The Labute approximate surface area is 173 Å². The van der Waals surface area contributed by atoms with E-state index in [0.717, 1.165) is 48.5 Å². The third-order valence-corrected chi connectivity index (χ3v) is 5.19. The first-order chi connectivity index (χ1) is 14.6. The van der Waals surface area contributed by atoms with Crippen LogP contribution in [0.1, 0.15) is 17.5 Å². The quantitative estimate of drug-likeness (QED) is 0.442. The number of hydrogen-bond acceptors (Lipinski definition) is 4. The van der Waals surface area contributed by atoms with Crippen molar-refractivity contribution in [2.45, 2.75) is 36.6 Å². The lowest BCUT2D eigenvalue weighted by atomic mass is 9.73. The molecule has 4 rings (SSSR count). The minimum absolute atomic E-state index is 0.102. The van der Waals surface area contributed by atoms with Gasteiger partial charge in [0.15, 0.2) is 0 Å². The van der Waals surface area contributed by atoms with Crippen LogP contribution >= 0.6 is 0 Å². The van der Waals surface area contributed by atoms with Crippen LogP contribution in [0.25, 0.3) is 0 Å². The third-order valence-electron chi connectivity index (χ3n) is 5.19. The van der Waals surface area contributed by atoms with Gasteiger partial charge in [0, 0.05) is 6.42 Å². The second-order valence-corrected chi connectivity index (χ2v) is 7.27. The van der Waals surface area contributed by atoms with E-state index in [1.54, 1.807) is 0 Å². The van der Waals surface area contributed by atoms with E-state index in [1.165, 1.54) is 0 Å². The number of rotatable bonds is 7. The molecular weight excluding hydrogens is 430 g/mol. The predicted octanol–water partition coefficient (Wildman–Crippen LogP) is 5.00. The van der Waals surface area contributed by atoms with Crippen molar-refractivity contribution in [3.8, 4) is 11.5 Å². The molecule has 2 fully saturated rings. The Hall–Kier alpha value is -2.46. The molecule has 4 nitrogen and oxygen atoms in total. The van der Waals surface area contributed by atoms with Crippen LogP contribution in [0.3, 0.4) is 0 Å². The zero-order valence-corrected chi connectivity index (χ0v) is 16.0. The normalized spacial score (nSPS) is 21.4. The molecule has 2 aliphatic rings. The second kappa shape index (κ2) is 7.90. The van der Waals surface area contributed by atoms with Crippen molar-refractivity contribution >= 4 is 0 Å². The monoisotopic (exact) mass is 448 g/mol. The van der Waals surface area contributed by atoms with Crippen LogP contribution in [0.5, 0.6) is 11.5 Å². The zero-order chi connectivity index (χ0) is 22.3. The number of epoxide rings is 1. The van der Waals surface area contributed by atoms with Gasteiger partial charge in [-0.15, -0.1) is 0 Å². The van der Waals surface area contributed by atoms with E-state index < -0.39 is 35.2 Å². The molecule has 0 aliphatic carbocycles. The lowest BCUT2D eigenvalue weighted by molar-refractivity contribution is -0.288. The molecule has 0 amide bonds. The molecule has 168 valence electrons. The fraction of sp³-hybridized carbons (Fsp3) is 0.429. The molecule has 0 radical (unpaired) electrons. The van der Waals surface area contributed by atoms with E-state index in [1.807, 2.05) is 0 Å². The molecule has 2 aromatic carbocycles. The molecule has 0 spiro atoms. The van der Waals surface area contributed by atoms with Gasteiger partial charge < -0.3 is 18.9 Å². The maximum atomic E-state index is 14.2. The molecule has 0 aromatic heterocycles. The van der Waals surface area contributed by atoms with Crippen LogP contribution in [-0.4, -0.2) is 44.6 Å². The number of alkyl halides is 6. The van der Waals surface area contributed by atoms with Crippen molar-refractivity contribution in [2.24, 2.45) is 0 Å². The Bertz CT molecular complexity index is 870. The maximum Gasteiger partial charge on any atom is 0.411 e. The van der Waals surface area contributed by atoms with Crippen molar-refractivity contribution in [3.05, 3.63) is 59.7 Å². The summed E-state index contributed by atoms with van der Waals surface area (Å²) in [4.78, 5) is 0. The fourth-order valence-corrected chi connectivity index (χ4v) is 3.38. The minimum atomic E-state index is -5.66. The SMILES string of the molecule is FC(F)(F)C(c1ccc(OCC2CO2)cc1)(c1ccc(O[C@@H]2CCO2)cc1)C(F)(F)F. The first-order valence-corrected chi connectivity index (χ1v) is 9.48. The summed E-state index contributed by atoms with van der Waals surface area (Å²) < 4.78 is 106. The molecule has 31 heavy (non-hydrogen) atoms. The van der Waals surface area contributed by atoms with Gasteiger partial charge in [0.05, 0.1) is 13.2 Å². The summed E-state index contributed by atoms with van der Waals surface area (Å²) in [5, 5.41) is 0. The summed E-state index contributed by atoms with van der Waals surface area (Å²) >= 11 is 0. The number of hydrogen-bond donors (Lipinski definition) is 0. The smallest absolute Gasteiger partial charge is 0.411 e. The maximum absolute atomic E-state index is 14.2. The fourth-order valence-electron chi connectivity index (χ4n) is 3.38. The minimum Gasteiger partial charge on any atom is -0.491 e. The molecule has 2 atom stereocenters. The molecule has 0 saturated carbocycles. The van der Waals surface area contributed by atoms with Crippen LogP contribution in [-0.2, 0) is 14.9 Å². The van der Waals surface area contributed by atoms with E-state index in [0.29, 0.717) is 19.6 Å². The average Bonchev–Trinajstić information content (AvgIpc) is 3.48. The highest BCUT2D eigenvalue weighted by atomic mass is 19.4. The lowest BCUT2D eigenvalue weighted by Crippen LogP contribution is -2.54. The van der Waals surface area contributed by atoms with Gasteiger partial charge in [-0.2, -0.15) is 26.3 Å². The Balaban J connectivity index is 1.70. The summed E-state index contributed by atoms with van der Waals surface area (Å²) in [6.07, 6.45) is -11.4. The average molecular weight is 448 g/mol. The molecular formula is C21H18F6O4. The summed E-state index contributed by atoms with van der Waals surface area (Å²) in [6, 6.07) is 7.48. The lowest BCUT2D eigenvalue weighted by Gasteiger charge is -2.38. The largest absolute Gasteiger partial charge is 0.491 e. The topological polar surface area (TPSA) is 40.2 Å². The second-order valence-electron chi connectivity index (χ2n) is 7.27. The van der Waals surface area contributed by atoms with Crippen LogP contribution in [0.4, 0.5) is 26.3 Å². The zero-order valence-electron chi connectivity index (χ0n) is 16.0. The van der Waals surface area contributed by atoms with Crippen LogP contribution in [0.15, 0.2) is 48.5 Å². The predicted molar refractivity (Wildman–Crippen MR) is 96.0 cm³/mol. The number of ether oxygens (including phenoxy) is 4. The van der Waals surface area contributed by atoms with Gasteiger partial charge in [0.1, 0.15) is 24.2 Å². The van der Waals surface area contributed by atoms with Crippen molar-refractivity contribution in [1.29, 1.82) is 0 Å². The van der Waals surface area contributed by atoms with Crippen LogP contribution in [0.2, 0.25) is 0 Å². The van der Waals surface area contributed by atoms with Gasteiger partial charge in [-0.1, -0.05) is 24.3 Å². The van der Waals surface area contributed by atoms with E-state index in [2.05, 4.69) is 0 Å². The van der Waals surface area contributed by atoms with E-state index >= 15 is 0 Å². The van der Waals surface area contributed by atoms with Crippen molar-refractivity contribution < 1.29 is 45.3 Å². The number of benzene rings is 2. The highest BCUT2D eigenvalue weighted by molar-refractivity contribution is 5.47.